The van der Waals surface area contributed by atoms with Crippen LogP contribution in [0.1, 0.15) is 37.8 Å². The minimum atomic E-state index is -3.14. The van der Waals surface area contributed by atoms with Crippen molar-refractivity contribution >= 4 is 15.7 Å². The van der Waals surface area contributed by atoms with Gasteiger partial charge in [-0.15, -0.1) is 0 Å². The first kappa shape index (κ1) is 20.7. The summed E-state index contributed by atoms with van der Waals surface area (Å²) in [5.41, 5.74) is 1.05. The van der Waals surface area contributed by atoms with Crippen LogP contribution in [0.3, 0.4) is 0 Å². The number of benzene rings is 1. The fourth-order valence-electron chi connectivity index (χ4n) is 3.29. The molecule has 1 saturated heterocycles. The van der Waals surface area contributed by atoms with E-state index in [1.54, 1.807) is 7.11 Å². The maximum absolute atomic E-state index is 12.1. The molecule has 2 rings (SSSR count). The zero-order chi connectivity index (χ0) is 19.2. The molecule has 6 nitrogen and oxygen atoms in total. The fraction of sp³-hybridized carbons (Fsp3) is 0.632. The molecule has 1 heterocycles. The van der Waals surface area contributed by atoms with Gasteiger partial charge in [0.25, 0.3) is 0 Å². The molecule has 1 aromatic rings. The number of carbonyl (C=O) groups is 1. The molecular formula is C19H30N2O4S. The van der Waals surface area contributed by atoms with Gasteiger partial charge < -0.3 is 10.1 Å². The summed E-state index contributed by atoms with van der Waals surface area (Å²) in [6, 6.07) is 7.89. The molecule has 1 atom stereocenters. The lowest BCUT2D eigenvalue weighted by Gasteiger charge is -2.37. The van der Waals surface area contributed by atoms with Crippen molar-refractivity contribution in [1.82, 2.24) is 10.2 Å². The number of para-hydroxylation sites is 1. The minimum absolute atomic E-state index is 0.00544. The molecule has 1 unspecified atom stereocenters. The van der Waals surface area contributed by atoms with Crippen molar-refractivity contribution in [1.29, 1.82) is 0 Å². The number of rotatable bonds is 8. The summed E-state index contributed by atoms with van der Waals surface area (Å²) < 4.78 is 28.0. The summed E-state index contributed by atoms with van der Waals surface area (Å²) in [7, 11) is -1.49. The van der Waals surface area contributed by atoms with Crippen LogP contribution in [0.5, 0.6) is 5.75 Å². The van der Waals surface area contributed by atoms with Gasteiger partial charge in [-0.2, -0.15) is 0 Å². The number of methoxy groups -OCH3 is 1. The molecule has 0 aromatic heterocycles. The smallest absolute Gasteiger partial charge is 0.221 e. The summed E-state index contributed by atoms with van der Waals surface area (Å²) in [5, 5.41) is 2.91. The Morgan fingerprint density at radius 2 is 1.96 bits per heavy atom. The Morgan fingerprint density at radius 1 is 1.31 bits per heavy atom. The predicted molar refractivity (Wildman–Crippen MR) is 103 cm³/mol. The van der Waals surface area contributed by atoms with Gasteiger partial charge >= 0.3 is 0 Å². The summed E-state index contributed by atoms with van der Waals surface area (Å²) in [4.78, 5) is 14.5. The number of likely N-dealkylation sites (tertiary alicyclic amines) is 1. The van der Waals surface area contributed by atoms with Gasteiger partial charge in [0.15, 0.2) is 0 Å². The van der Waals surface area contributed by atoms with Gasteiger partial charge in [0.05, 0.1) is 18.9 Å². The lowest BCUT2D eigenvalue weighted by Crippen LogP contribution is -2.42. The van der Waals surface area contributed by atoms with E-state index in [2.05, 4.69) is 17.1 Å². The summed E-state index contributed by atoms with van der Waals surface area (Å²) in [6.45, 7) is 4.66. The van der Waals surface area contributed by atoms with Gasteiger partial charge in [-0.25, -0.2) is 8.42 Å². The number of nitrogens with one attached hydrogen (secondary N) is 1. The van der Waals surface area contributed by atoms with E-state index in [1.165, 1.54) is 0 Å². The molecule has 0 spiro atoms. The maximum atomic E-state index is 12.1. The first-order chi connectivity index (χ1) is 12.3. The number of piperidine rings is 1. The molecule has 0 aliphatic carbocycles. The number of ether oxygens (including phenoxy) is 1. The van der Waals surface area contributed by atoms with Crippen LogP contribution in [0.4, 0.5) is 0 Å². The third-order valence-electron chi connectivity index (χ3n) is 4.95. The Kier molecular flexibility index (Phi) is 7.46. The zero-order valence-corrected chi connectivity index (χ0v) is 16.7. The Morgan fingerprint density at radius 3 is 2.58 bits per heavy atom. The molecule has 1 aliphatic heterocycles. The number of hydrogen-bond acceptors (Lipinski definition) is 5. The van der Waals surface area contributed by atoms with Crippen LogP contribution in [0, 0.1) is 5.92 Å². The van der Waals surface area contributed by atoms with E-state index in [0.29, 0.717) is 12.5 Å². The molecule has 0 bridgehead atoms. The van der Waals surface area contributed by atoms with Crippen molar-refractivity contribution in [3.8, 4) is 5.75 Å². The molecule has 1 N–H and O–H groups in total. The average Bonchev–Trinajstić information content (AvgIpc) is 2.61. The van der Waals surface area contributed by atoms with E-state index in [9.17, 15) is 13.2 Å². The molecule has 0 radical (unpaired) electrons. The number of carbonyl (C=O) groups excluding carboxylic acids is 1. The number of hydrogen-bond donors (Lipinski definition) is 1. The van der Waals surface area contributed by atoms with Gasteiger partial charge in [-0.05, 0) is 37.9 Å². The van der Waals surface area contributed by atoms with Crippen LogP contribution in [-0.2, 0) is 14.6 Å². The molecule has 7 heteroatoms. The van der Waals surface area contributed by atoms with Crippen LogP contribution < -0.4 is 10.1 Å². The van der Waals surface area contributed by atoms with Crippen LogP contribution in [0.2, 0.25) is 0 Å². The van der Waals surface area contributed by atoms with Crippen molar-refractivity contribution < 1.29 is 17.9 Å². The fourth-order valence-corrected chi connectivity index (χ4v) is 3.85. The Balaban J connectivity index is 2.09. The van der Waals surface area contributed by atoms with E-state index in [1.807, 2.05) is 24.3 Å². The number of sulfone groups is 1. The third kappa shape index (κ3) is 6.29. The van der Waals surface area contributed by atoms with Gasteiger partial charge in [0, 0.05) is 24.8 Å². The second-order valence-corrected chi connectivity index (χ2v) is 9.42. The molecule has 0 saturated carbocycles. The molecule has 26 heavy (non-hydrogen) atoms. The highest BCUT2D eigenvalue weighted by atomic mass is 32.2. The SMILES string of the molecule is COc1ccccc1C(CNC(=O)CCS(C)(=O)=O)N1CCC(C)CC1. The van der Waals surface area contributed by atoms with Crippen LogP contribution in [-0.4, -0.2) is 58.0 Å². The van der Waals surface area contributed by atoms with Crippen molar-refractivity contribution in [3.63, 3.8) is 0 Å². The molecule has 1 fully saturated rings. The second kappa shape index (κ2) is 9.37. The third-order valence-corrected chi connectivity index (χ3v) is 5.90. The molecule has 1 amide bonds. The van der Waals surface area contributed by atoms with Crippen LogP contribution in [0.15, 0.2) is 24.3 Å². The van der Waals surface area contributed by atoms with E-state index in [0.717, 1.165) is 43.5 Å². The minimum Gasteiger partial charge on any atom is -0.496 e. The Hall–Kier alpha value is -1.60. The Bertz CT molecular complexity index is 697. The lowest BCUT2D eigenvalue weighted by molar-refractivity contribution is -0.121. The quantitative estimate of drug-likeness (QED) is 0.744. The summed E-state index contributed by atoms with van der Waals surface area (Å²) in [6.07, 6.45) is 3.41. The topological polar surface area (TPSA) is 75.7 Å². The van der Waals surface area contributed by atoms with Crippen molar-refractivity contribution in [3.05, 3.63) is 29.8 Å². The summed E-state index contributed by atoms with van der Waals surface area (Å²) in [5.74, 6) is 1.16. The number of amides is 1. The molecule has 1 aliphatic rings. The van der Waals surface area contributed by atoms with E-state index >= 15 is 0 Å². The lowest BCUT2D eigenvalue weighted by atomic mass is 9.95. The molecule has 1 aromatic carbocycles. The Labute approximate surface area is 156 Å². The van der Waals surface area contributed by atoms with Gasteiger partial charge in [-0.1, -0.05) is 25.1 Å². The summed E-state index contributed by atoms with van der Waals surface area (Å²) >= 11 is 0. The maximum Gasteiger partial charge on any atom is 0.221 e. The second-order valence-electron chi connectivity index (χ2n) is 7.16. The van der Waals surface area contributed by atoms with Crippen molar-refractivity contribution in [2.75, 3.05) is 38.8 Å². The van der Waals surface area contributed by atoms with Gasteiger partial charge in [0.2, 0.25) is 5.91 Å². The van der Waals surface area contributed by atoms with Crippen molar-refractivity contribution in [2.45, 2.75) is 32.2 Å². The first-order valence-corrected chi connectivity index (χ1v) is 11.2. The predicted octanol–water partition coefficient (Wildman–Crippen LogP) is 2.02. The highest BCUT2D eigenvalue weighted by Crippen LogP contribution is 2.31. The van der Waals surface area contributed by atoms with Gasteiger partial charge in [0.1, 0.15) is 15.6 Å². The standard InChI is InChI=1S/C19H30N2O4S/c1-15-8-11-21(12-9-15)17(16-6-4-5-7-18(16)25-2)14-20-19(22)10-13-26(3,23)24/h4-7,15,17H,8-14H2,1-3H3,(H,20,22). The van der Waals surface area contributed by atoms with E-state index < -0.39 is 9.84 Å². The van der Waals surface area contributed by atoms with Crippen LogP contribution >= 0.6 is 0 Å². The zero-order valence-electron chi connectivity index (χ0n) is 15.9. The average molecular weight is 383 g/mol. The normalized spacial score (nSPS) is 17.7. The van der Waals surface area contributed by atoms with Crippen LogP contribution in [0.25, 0.3) is 0 Å². The highest BCUT2D eigenvalue weighted by Gasteiger charge is 2.27. The molecular weight excluding hydrogens is 352 g/mol. The largest absolute Gasteiger partial charge is 0.496 e. The first-order valence-electron chi connectivity index (χ1n) is 9.11. The monoisotopic (exact) mass is 382 g/mol. The van der Waals surface area contributed by atoms with Crippen molar-refractivity contribution in [2.24, 2.45) is 5.92 Å². The highest BCUT2D eigenvalue weighted by molar-refractivity contribution is 7.90. The number of nitrogens with zero attached hydrogens (tertiary/aromatic N) is 1. The van der Waals surface area contributed by atoms with Gasteiger partial charge in [-0.3, -0.25) is 9.69 Å². The molecule has 146 valence electrons. The van der Waals surface area contributed by atoms with E-state index in [-0.39, 0.29) is 24.1 Å². The van der Waals surface area contributed by atoms with E-state index in [4.69, 9.17) is 4.74 Å².